The summed E-state index contributed by atoms with van der Waals surface area (Å²) in [5.74, 6) is 2.68. The molecular weight excluding hydrogens is 292 g/mol. The number of carbonyl (C=O) groups is 1. The van der Waals surface area contributed by atoms with E-state index in [4.69, 9.17) is 4.42 Å². The number of carbonyl (C=O) groups excluding carboxylic acids is 1. The Morgan fingerprint density at radius 1 is 1.25 bits per heavy atom. The van der Waals surface area contributed by atoms with Gasteiger partial charge in [-0.05, 0) is 30.0 Å². The molecule has 4 nitrogen and oxygen atoms in total. The lowest BCUT2D eigenvalue weighted by molar-refractivity contribution is 0.241. The van der Waals surface area contributed by atoms with Gasteiger partial charge in [0.1, 0.15) is 5.76 Å². The van der Waals surface area contributed by atoms with E-state index in [2.05, 4.69) is 16.7 Å². The third kappa shape index (κ3) is 5.71. The van der Waals surface area contributed by atoms with Gasteiger partial charge in [0, 0.05) is 23.7 Å². The molecule has 2 rings (SSSR count). The van der Waals surface area contributed by atoms with Crippen LogP contribution in [0.2, 0.25) is 0 Å². The normalized spacial score (nSPS) is 10.4. The Morgan fingerprint density at radius 2 is 2.15 bits per heavy atom. The first kappa shape index (κ1) is 15.0. The minimum Gasteiger partial charge on any atom is -0.468 e. The van der Waals surface area contributed by atoms with Crippen molar-refractivity contribution in [2.45, 2.75) is 12.2 Å². The first-order valence-corrected chi connectivity index (χ1v) is 8.52. The smallest absolute Gasteiger partial charge is 0.314 e. The fourth-order valence-corrected chi connectivity index (χ4v) is 3.09. The summed E-state index contributed by atoms with van der Waals surface area (Å²) in [4.78, 5) is 12.8. The SMILES string of the molecule is O=C(NCCSCc1ccco1)NCCc1cccs1. The van der Waals surface area contributed by atoms with E-state index in [1.54, 1.807) is 29.4 Å². The minimum atomic E-state index is -0.0971. The Balaban J connectivity index is 1.45. The first-order chi connectivity index (χ1) is 9.84. The van der Waals surface area contributed by atoms with E-state index in [1.807, 2.05) is 23.6 Å². The Labute approximate surface area is 126 Å². The molecule has 20 heavy (non-hydrogen) atoms. The van der Waals surface area contributed by atoms with E-state index in [9.17, 15) is 4.79 Å². The maximum atomic E-state index is 11.5. The summed E-state index contributed by atoms with van der Waals surface area (Å²) in [6, 6.07) is 7.85. The van der Waals surface area contributed by atoms with Crippen molar-refractivity contribution in [2.75, 3.05) is 18.8 Å². The van der Waals surface area contributed by atoms with Crippen LogP contribution in [0.25, 0.3) is 0 Å². The summed E-state index contributed by atoms with van der Waals surface area (Å²) in [7, 11) is 0. The second-order valence-electron chi connectivity index (χ2n) is 4.14. The fraction of sp³-hybridized carbons (Fsp3) is 0.357. The molecule has 2 heterocycles. The van der Waals surface area contributed by atoms with E-state index in [0.29, 0.717) is 13.1 Å². The molecule has 0 unspecified atom stereocenters. The van der Waals surface area contributed by atoms with Crippen molar-refractivity contribution in [1.29, 1.82) is 0 Å². The number of nitrogens with one attached hydrogen (secondary N) is 2. The third-order valence-corrected chi connectivity index (χ3v) is 4.51. The van der Waals surface area contributed by atoms with Crippen LogP contribution in [-0.4, -0.2) is 24.9 Å². The average molecular weight is 310 g/mol. The van der Waals surface area contributed by atoms with Gasteiger partial charge in [-0.2, -0.15) is 11.8 Å². The second-order valence-corrected chi connectivity index (χ2v) is 6.28. The molecule has 2 aromatic rings. The molecule has 2 N–H and O–H groups in total. The molecule has 0 aromatic carbocycles. The lowest BCUT2D eigenvalue weighted by atomic mass is 10.3. The number of amides is 2. The summed E-state index contributed by atoms with van der Waals surface area (Å²) >= 11 is 3.45. The lowest BCUT2D eigenvalue weighted by Crippen LogP contribution is -2.37. The Morgan fingerprint density at radius 3 is 2.90 bits per heavy atom. The molecule has 0 spiro atoms. The highest BCUT2D eigenvalue weighted by Gasteiger charge is 2.00. The maximum absolute atomic E-state index is 11.5. The van der Waals surface area contributed by atoms with E-state index < -0.39 is 0 Å². The third-order valence-electron chi connectivity index (χ3n) is 2.59. The summed E-state index contributed by atoms with van der Waals surface area (Å²) < 4.78 is 5.23. The maximum Gasteiger partial charge on any atom is 0.314 e. The van der Waals surface area contributed by atoms with Gasteiger partial charge in [0.15, 0.2) is 0 Å². The Bertz CT molecular complexity index is 483. The highest BCUT2D eigenvalue weighted by molar-refractivity contribution is 7.98. The zero-order valence-electron chi connectivity index (χ0n) is 11.1. The molecule has 108 valence electrons. The van der Waals surface area contributed by atoms with E-state index >= 15 is 0 Å². The number of thioether (sulfide) groups is 1. The number of hydrogen-bond acceptors (Lipinski definition) is 4. The van der Waals surface area contributed by atoms with Gasteiger partial charge in [-0.1, -0.05) is 6.07 Å². The Kier molecular flexibility index (Phi) is 6.53. The molecule has 0 atom stereocenters. The van der Waals surface area contributed by atoms with Crippen LogP contribution in [0, 0.1) is 0 Å². The van der Waals surface area contributed by atoms with Crippen LogP contribution in [0.1, 0.15) is 10.6 Å². The van der Waals surface area contributed by atoms with Crippen molar-refractivity contribution in [2.24, 2.45) is 0 Å². The van der Waals surface area contributed by atoms with Crippen LogP contribution < -0.4 is 10.6 Å². The monoisotopic (exact) mass is 310 g/mol. The number of hydrogen-bond donors (Lipinski definition) is 2. The van der Waals surface area contributed by atoms with Gasteiger partial charge in [-0.15, -0.1) is 11.3 Å². The van der Waals surface area contributed by atoms with Gasteiger partial charge in [0.2, 0.25) is 0 Å². The van der Waals surface area contributed by atoms with Crippen molar-refractivity contribution < 1.29 is 9.21 Å². The molecule has 0 aliphatic rings. The van der Waals surface area contributed by atoms with Crippen LogP contribution >= 0.6 is 23.1 Å². The molecule has 6 heteroatoms. The quantitative estimate of drug-likeness (QED) is 0.737. The molecular formula is C14H18N2O2S2. The van der Waals surface area contributed by atoms with Crippen molar-refractivity contribution in [3.63, 3.8) is 0 Å². The number of thiophene rings is 1. The first-order valence-electron chi connectivity index (χ1n) is 6.49. The topological polar surface area (TPSA) is 54.3 Å². The molecule has 0 radical (unpaired) electrons. The predicted molar refractivity (Wildman–Crippen MR) is 84.3 cm³/mol. The molecule has 0 saturated carbocycles. The predicted octanol–water partition coefficient (Wildman–Crippen LogP) is 3.12. The number of furan rings is 1. The van der Waals surface area contributed by atoms with Gasteiger partial charge >= 0.3 is 6.03 Å². The van der Waals surface area contributed by atoms with Crippen LogP contribution in [0.15, 0.2) is 40.3 Å². The highest BCUT2D eigenvalue weighted by Crippen LogP contribution is 2.11. The molecule has 0 bridgehead atoms. The lowest BCUT2D eigenvalue weighted by Gasteiger charge is -2.06. The fourth-order valence-electron chi connectivity index (χ4n) is 1.62. The summed E-state index contributed by atoms with van der Waals surface area (Å²) in [5, 5.41) is 7.75. The molecule has 2 aromatic heterocycles. The van der Waals surface area contributed by atoms with Crippen LogP contribution in [-0.2, 0) is 12.2 Å². The van der Waals surface area contributed by atoms with E-state index in [-0.39, 0.29) is 6.03 Å². The van der Waals surface area contributed by atoms with Crippen molar-refractivity contribution in [3.05, 3.63) is 46.5 Å². The zero-order valence-corrected chi connectivity index (χ0v) is 12.8. The standard InChI is InChI=1S/C14H18N2O2S2/c17-14(15-6-5-13-4-2-9-20-13)16-7-10-19-11-12-3-1-8-18-12/h1-4,8-9H,5-7,10-11H2,(H2,15,16,17). The number of urea groups is 1. The van der Waals surface area contributed by atoms with Crippen molar-refractivity contribution in [3.8, 4) is 0 Å². The van der Waals surface area contributed by atoms with E-state index in [1.165, 1.54) is 4.88 Å². The van der Waals surface area contributed by atoms with Gasteiger partial charge in [0.25, 0.3) is 0 Å². The largest absolute Gasteiger partial charge is 0.468 e. The van der Waals surface area contributed by atoms with Gasteiger partial charge < -0.3 is 15.1 Å². The second kappa shape index (κ2) is 8.71. The van der Waals surface area contributed by atoms with Crippen LogP contribution in [0.4, 0.5) is 4.79 Å². The summed E-state index contributed by atoms with van der Waals surface area (Å²) in [6.07, 6.45) is 2.56. The molecule has 0 aliphatic carbocycles. The molecule has 2 amide bonds. The van der Waals surface area contributed by atoms with Gasteiger partial charge in [0.05, 0.1) is 12.0 Å². The highest BCUT2D eigenvalue weighted by atomic mass is 32.2. The van der Waals surface area contributed by atoms with Crippen LogP contribution in [0.3, 0.4) is 0 Å². The molecule has 0 saturated heterocycles. The molecule has 0 aliphatic heterocycles. The zero-order chi connectivity index (χ0) is 14.0. The number of rotatable bonds is 8. The minimum absolute atomic E-state index is 0.0971. The van der Waals surface area contributed by atoms with Gasteiger partial charge in [-0.3, -0.25) is 0 Å². The van der Waals surface area contributed by atoms with Gasteiger partial charge in [-0.25, -0.2) is 4.79 Å². The Hall–Kier alpha value is -1.40. The van der Waals surface area contributed by atoms with Crippen molar-refractivity contribution >= 4 is 29.1 Å². The van der Waals surface area contributed by atoms with Crippen LogP contribution in [0.5, 0.6) is 0 Å². The van der Waals surface area contributed by atoms with E-state index in [0.717, 1.165) is 23.7 Å². The summed E-state index contributed by atoms with van der Waals surface area (Å²) in [6.45, 7) is 1.34. The summed E-state index contributed by atoms with van der Waals surface area (Å²) in [5.41, 5.74) is 0. The van der Waals surface area contributed by atoms with Crippen molar-refractivity contribution in [1.82, 2.24) is 10.6 Å². The molecule has 0 fully saturated rings. The average Bonchev–Trinajstić information content (AvgIpc) is 3.11.